The highest BCUT2D eigenvalue weighted by atomic mass is 79.9. The van der Waals surface area contributed by atoms with Crippen LogP contribution in [0.3, 0.4) is 0 Å². The van der Waals surface area contributed by atoms with Gasteiger partial charge >= 0.3 is 6.18 Å². The lowest BCUT2D eigenvalue weighted by atomic mass is 9.56. The second-order valence-corrected chi connectivity index (χ2v) is 15.1. The zero-order chi connectivity index (χ0) is 37.5. The van der Waals surface area contributed by atoms with Gasteiger partial charge in [-0.15, -0.1) is 23.2 Å². The number of hydrogen-bond acceptors (Lipinski definition) is 8. The molecule has 3 aromatic rings. The largest absolute Gasteiger partial charge is 0.508 e. The van der Waals surface area contributed by atoms with Crippen LogP contribution >= 0.6 is 50.7 Å². The number of aromatic nitrogens is 1. The highest BCUT2D eigenvalue weighted by molar-refractivity contribution is 9.09. The number of rotatable bonds is 7. The molecular weight excluding hydrogens is 816 g/mol. The summed E-state index contributed by atoms with van der Waals surface area (Å²) in [4.78, 5) is 56.4. The van der Waals surface area contributed by atoms with Gasteiger partial charge in [0.25, 0.3) is 23.6 Å². The number of hydrazine groups is 1. The molecule has 272 valence electrons. The maximum Gasteiger partial charge on any atom is 0.433 e. The number of anilines is 1. The van der Waals surface area contributed by atoms with Crippen molar-refractivity contribution < 1.29 is 42.2 Å². The molecule has 2 aliphatic carbocycles. The molecule has 0 bridgehead atoms. The molecule has 2 aromatic carbocycles. The van der Waals surface area contributed by atoms with Crippen molar-refractivity contribution in [1.82, 2.24) is 14.9 Å². The molecule has 3 heterocycles. The van der Waals surface area contributed by atoms with Gasteiger partial charge in [0, 0.05) is 24.6 Å². The van der Waals surface area contributed by atoms with Crippen LogP contribution in [0.2, 0.25) is 5.02 Å². The topological polar surface area (TPSA) is 120 Å². The minimum absolute atomic E-state index is 0.0305. The number of alkyl halides is 6. The van der Waals surface area contributed by atoms with Crippen LogP contribution in [0.1, 0.15) is 35.6 Å². The van der Waals surface area contributed by atoms with Crippen molar-refractivity contribution in [2.75, 3.05) is 17.5 Å². The van der Waals surface area contributed by atoms with Gasteiger partial charge in [-0.2, -0.15) is 18.2 Å². The van der Waals surface area contributed by atoms with Gasteiger partial charge in [-0.05, 0) is 42.5 Å². The standard InChI is InChI=1S/C35H27BrCl3F3N4O6/c1-44(28-23(37)11-12-25(43-28)35(40,41)42)46-29(48)21-10-9-19-22(26(21)30(46)49)14-33(38)31(50)45(16-36)32(51)34(33,39)27(19)20-8-7-18(13-24(20)47)52-15-17-5-3-2-4-6-17/h2-9,11-13,21-22,26-27,47H,10,14-16H2,1H3. The van der Waals surface area contributed by atoms with Crippen LogP contribution in [-0.4, -0.2) is 65.9 Å². The highest BCUT2D eigenvalue weighted by Crippen LogP contribution is 2.66. The van der Waals surface area contributed by atoms with Crippen molar-refractivity contribution in [2.24, 2.45) is 17.8 Å². The Bertz CT molecular complexity index is 2060. The molecule has 6 atom stereocenters. The van der Waals surface area contributed by atoms with Crippen LogP contribution in [0.4, 0.5) is 19.0 Å². The molecule has 17 heteroatoms. The molecule has 3 fully saturated rings. The number of amides is 4. The third-order valence-corrected chi connectivity index (χ3v) is 12.5. The van der Waals surface area contributed by atoms with Crippen LogP contribution in [0.15, 0.2) is 72.3 Å². The lowest BCUT2D eigenvalue weighted by Crippen LogP contribution is -2.60. The number of carbonyl (C=O) groups excluding carboxylic acids is 4. The average Bonchev–Trinajstić information content (AvgIpc) is 3.44. The Morgan fingerprint density at radius 2 is 1.73 bits per heavy atom. The monoisotopic (exact) mass is 840 g/mol. The summed E-state index contributed by atoms with van der Waals surface area (Å²) in [5.41, 5.74) is -0.117. The van der Waals surface area contributed by atoms with Crippen molar-refractivity contribution in [2.45, 2.75) is 41.3 Å². The Morgan fingerprint density at radius 1 is 1.02 bits per heavy atom. The second-order valence-electron chi connectivity index (χ2n) is 13.0. The Balaban J connectivity index is 1.29. The molecule has 4 amide bonds. The van der Waals surface area contributed by atoms with E-state index >= 15 is 0 Å². The number of ether oxygens (including phenoxy) is 1. The number of aromatic hydroxyl groups is 1. The van der Waals surface area contributed by atoms with Crippen LogP contribution in [-0.2, 0) is 32.0 Å². The number of fused-ring (bicyclic) bond motifs is 4. The van der Waals surface area contributed by atoms with E-state index in [0.29, 0.717) is 22.4 Å². The Labute approximate surface area is 318 Å². The number of allylic oxidation sites excluding steroid dienone is 2. The van der Waals surface area contributed by atoms with Crippen molar-refractivity contribution in [3.05, 3.63) is 94.2 Å². The Morgan fingerprint density at radius 3 is 2.38 bits per heavy atom. The molecule has 1 N–H and O–H groups in total. The normalized spacial score (nSPS) is 28.4. The van der Waals surface area contributed by atoms with E-state index in [1.54, 1.807) is 12.1 Å². The number of carbonyl (C=O) groups is 4. The molecular formula is C35H27BrCl3F3N4O6. The van der Waals surface area contributed by atoms with Crippen LogP contribution in [0.5, 0.6) is 11.5 Å². The minimum Gasteiger partial charge on any atom is -0.508 e. The van der Waals surface area contributed by atoms with Crippen LogP contribution < -0.4 is 9.75 Å². The molecule has 10 nitrogen and oxygen atoms in total. The number of halogens is 7. The van der Waals surface area contributed by atoms with Crippen LogP contribution in [0, 0.1) is 17.8 Å². The van der Waals surface area contributed by atoms with E-state index in [1.807, 2.05) is 30.3 Å². The zero-order valence-electron chi connectivity index (χ0n) is 26.9. The summed E-state index contributed by atoms with van der Waals surface area (Å²) >= 11 is 23.9. The summed E-state index contributed by atoms with van der Waals surface area (Å²) in [5, 5.41) is 12.8. The van der Waals surface area contributed by atoms with E-state index in [1.165, 1.54) is 19.2 Å². The summed E-state index contributed by atoms with van der Waals surface area (Å²) in [6.45, 7) is 0.194. The number of imide groups is 2. The first-order valence-corrected chi connectivity index (χ1v) is 18.1. The first-order valence-electron chi connectivity index (χ1n) is 15.9. The quantitative estimate of drug-likeness (QED) is 0.120. The van der Waals surface area contributed by atoms with Crippen molar-refractivity contribution in [1.29, 1.82) is 0 Å². The van der Waals surface area contributed by atoms with Gasteiger partial charge in [0.15, 0.2) is 15.6 Å². The Hall–Kier alpha value is -3.85. The maximum atomic E-state index is 14.3. The number of hydrogen-bond donors (Lipinski definition) is 1. The molecule has 2 aliphatic heterocycles. The van der Waals surface area contributed by atoms with Crippen molar-refractivity contribution >= 4 is 80.2 Å². The van der Waals surface area contributed by atoms with Crippen molar-refractivity contribution in [3.8, 4) is 11.5 Å². The highest BCUT2D eigenvalue weighted by Gasteiger charge is 2.76. The maximum absolute atomic E-state index is 14.3. The van der Waals surface area contributed by atoms with Gasteiger partial charge in [0.1, 0.15) is 23.8 Å². The smallest absolute Gasteiger partial charge is 0.433 e. The predicted octanol–water partition coefficient (Wildman–Crippen LogP) is 6.80. The number of likely N-dealkylation sites (tertiary alicyclic amines) is 1. The van der Waals surface area contributed by atoms with E-state index in [4.69, 9.17) is 39.5 Å². The summed E-state index contributed by atoms with van der Waals surface area (Å²) in [7, 11) is 1.19. The fourth-order valence-electron chi connectivity index (χ4n) is 7.89. The fourth-order valence-corrected chi connectivity index (χ4v) is 9.53. The lowest BCUT2D eigenvalue weighted by Gasteiger charge is -2.50. The molecule has 4 aliphatic rings. The van der Waals surface area contributed by atoms with E-state index in [9.17, 15) is 37.5 Å². The van der Waals surface area contributed by atoms with Crippen LogP contribution in [0.25, 0.3) is 0 Å². The summed E-state index contributed by atoms with van der Waals surface area (Å²) < 4.78 is 46.6. The summed E-state index contributed by atoms with van der Waals surface area (Å²) in [6.07, 6.45) is -3.54. The molecule has 2 saturated heterocycles. The molecule has 7 rings (SSSR count). The molecule has 1 aromatic heterocycles. The van der Waals surface area contributed by atoms with Gasteiger partial charge in [-0.3, -0.25) is 29.1 Å². The van der Waals surface area contributed by atoms with E-state index < -0.39 is 74.7 Å². The summed E-state index contributed by atoms with van der Waals surface area (Å²) in [5.74, 6) is -8.10. The predicted molar refractivity (Wildman–Crippen MR) is 187 cm³/mol. The van der Waals surface area contributed by atoms with Gasteiger partial charge in [-0.25, -0.2) is 4.98 Å². The Kier molecular flexibility index (Phi) is 9.07. The lowest BCUT2D eigenvalue weighted by molar-refractivity contribution is -0.142. The molecule has 0 spiro atoms. The van der Waals surface area contributed by atoms with Gasteiger partial charge in [0.05, 0.1) is 22.3 Å². The average molecular weight is 843 g/mol. The van der Waals surface area contributed by atoms with E-state index in [0.717, 1.165) is 21.5 Å². The first-order chi connectivity index (χ1) is 24.5. The summed E-state index contributed by atoms with van der Waals surface area (Å²) in [6, 6.07) is 15.4. The van der Waals surface area contributed by atoms with E-state index in [2.05, 4.69) is 20.9 Å². The second kappa shape index (κ2) is 12.9. The third kappa shape index (κ3) is 5.39. The number of benzene rings is 2. The molecule has 0 radical (unpaired) electrons. The van der Waals surface area contributed by atoms with Gasteiger partial charge < -0.3 is 9.84 Å². The minimum atomic E-state index is -4.84. The number of pyridine rings is 1. The SMILES string of the molecule is CN(c1nc(C(F)(F)F)ccc1Cl)N1C(=O)C2CC=C3C(CC4(Cl)C(=O)N(CBr)C(=O)C4(Cl)C3c3ccc(OCc4ccccc4)cc3O)C2C1=O. The number of phenols is 1. The van der Waals surface area contributed by atoms with Gasteiger partial charge in [0.2, 0.25) is 0 Å². The van der Waals surface area contributed by atoms with E-state index in [-0.39, 0.29) is 41.2 Å². The van der Waals surface area contributed by atoms with Crippen molar-refractivity contribution in [3.63, 3.8) is 0 Å². The number of nitrogens with zero attached hydrogens (tertiary/aromatic N) is 4. The molecule has 52 heavy (non-hydrogen) atoms. The van der Waals surface area contributed by atoms with Gasteiger partial charge in [-0.1, -0.05) is 75.6 Å². The third-order valence-electron chi connectivity index (χ3n) is 10.3. The fraction of sp³-hybridized carbons (Fsp3) is 0.343. The first kappa shape index (κ1) is 36.5. The molecule has 6 unspecified atom stereocenters. The zero-order valence-corrected chi connectivity index (χ0v) is 30.8. The molecule has 1 saturated carbocycles. The number of phenolic OH excluding ortho intramolecular Hbond substituents is 1.